The lowest BCUT2D eigenvalue weighted by atomic mass is 10.2. The third kappa shape index (κ3) is 4.34. The Morgan fingerprint density at radius 2 is 2.12 bits per heavy atom. The van der Waals surface area contributed by atoms with Crippen LogP contribution in [0.1, 0.15) is 26.7 Å². The standard InChI is InChI=1S/C13H19NO2/c1-3-16-13-9-5-4-8-12(13)14-10-6-7-11(2)15/h4-5,8-9,14H,3,6-7,10H2,1-2H3. The highest BCUT2D eigenvalue weighted by Crippen LogP contribution is 2.23. The van der Waals surface area contributed by atoms with E-state index in [-0.39, 0.29) is 5.78 Å². The summed E-state index contributed by atoms with van der Waals surface area (Å²) in [5, 5.41) is 3.28. The second-order valence-corrected chi connectivity index (χ2v) is 3.66. The van der Waals surface area contributed by atoms with Crippen LogP contribution in [0.3, 0.4) is 0 Å². The molecule has 3 nitrogen and oxygen atoms in total. The molecule has 0 bridgehead atoms. The Kier molecular flexibility index (Phi) is 5.40. The van der Waals surface area contributed by atoms with Gasteiger partial charge < -0.3 is 14.8 Å². The topological polar surface area (TPSA) is 38.3 Å². The highest BCUT2D eigenvalue weighted by Gasteiger charge is 2.01. The number of hydrogen-bond acceptors (Lipinski definition) is 3. The molecule has 0 spiro atoms. The summed E-state index contributed by atoms with van der Waals surface area (Å²) in [6.45, 7) is 5.04. The number of carbonyl (C=O) groups is 1. The summed E-state index contributed by atoms with van der Waals surface area (Å²) in [4.78, 5) is 10.8. The smallest absolute Gasteiger partial charge is 0.142 e. The maximum atomic E-state index is 10.8. The molecule has 0 saturated carbocycles. The number of carbonyl (C=O) groups excluding carboxylic acids is 1. The Labute approximate surface area is 96.8 Å². The molecule has 1 aromatic rings. The molecule has 0 radical (unpaired) electrons. The van der Waals surface area contributed by atoms with Crippen LogP contribution in [0, 0.1) is 0 Å². The van der Waals surface area contributed by atoms with E-state index < -0.39 is 0 Å². The minimum absolute atomic E-state index is 0.236. The molecule has 0 aliphatic carbocycles. The molecule has 3 heteroatoms. The predicted molar refractivity (Wildman–Crippen MR) is 66.0 cm³/mol. The number of hydrogen-bond donors (Lipinski definition) is 1. The van der Waals surface area contributed by atoms with Crippen LogP contribution >= 0.6 is 0 Å². The number of ketones is 1. The summed E-state index contributed by atoms with van der Waals surface area (Å²) in [6.07, 6.45) is 1.49. The van der Waals surface area contributed by atoms with E-state index in [1.807, 2.05) is 31.2 Å². The SMILES string of the molecule is CCOc1ccccc1NCCCC(C)=O. The van der Waals surface area contributed by atoms with Gasteiger partial charge in [0.2, 0.25) is 0 Å². The molecular formula is C13H19NO2. The summed E-state index contributed by atoms with van der Waals surface area (Å²) < 4.78 is 5.49. The van der Waals surface area contributed by atoms with Crippen molar-refractivity contribution >= 4 is 11.5 Å². The van der Waals surface area contributed by atoms with E-state index in [9.17, 15) is 4.79 Å². The third-order valence-electron chi connectivity index (χ3n) is 2.21. The van der Waals surface area contributed by atoms with Crippen LogP contribution in [-0.2, 0) is 4.79 Å². The fourth-order valence-electron chi connectivity index (χ4n) is 1.45. The third-order valence-corrected chi connectivity index (χ3v) is 2.21. The fourth-order valence-corrected chi connectivity index (χ4v) is 1.45. The molecule has 0 fully saturated rings. The zero-order valence-electron chi connectivity index (χ0n) is 9.95. The van der Waals surface area contributed by atoms with Gasteiger partial charge in [-0.3, -0.25) is 0 Å². The lowest BCUT2D eigenvalue weighted by molar-refractivity contribution is -0.117. The van der Waals surface area contributed by atoms with Crippen molar-refractivity contribution in [1.29, 1.82) is 0 Å². The van der Waals surface area contributed by atoms with E-state index in [2.05, 4.69) is 5.32 Å². The minimum Gasteiger partial charge on any atom is -0.492 e. The molecule has 0 aliphatic rings. The highest BCUT2D eigenvalue weighted by molar-refractivity contribution is 5.75. The van der Waals surface area contributed by atoms with Gasteiger partial charge in [0.15, 0.2) is 0 Å². The predicted octanol–water partition coefficient (Wildman–Crippen LogP) is 2.87. The number of ether oxygens (including phenoxy) is 1. The van der Waals surface area contributed by atoms with Crippen molar-refractivity contribution in [2.24, 2.45) is 0 Å². The maximum absolute atomic E-state index is 10.8. The summed E-state index contributed by atoms with van der Waals surface area (Å²) >= 11 is 0. The van der Waals surface area contributed by atoms with Crippen LogP contribution in [0.5, 0.6) is 5.75 Å². The van der Waals surface area contributed by atoms with Crippen molar-refractivity contribution in [1.82, 2.24) is 0 Å². The van der Waals surface area contributed by atoms with Crippen molar-refractivity contribution in [2.75, 3.05) is 18.5 Å². The van der Waals surface area contributed by atoms with Crippen LogP contribution in [0.4, 0.5) is 5.69 Å². The van der Waals surface area contributed by atoms with E-state index in [1.54, 1.807) is 6.92 Å². The summed E-state index contributed by atoms with van der Waals surface area (Å²) in [7, 11) is 0. The van der Waals surface area contributed by atoms with Gasteiger partial charge in [0.25, 0.3) is 0 Å². The Bertz CT molecular complexity index is 336. The van der Waals surface area contributed by atoms with Crippen LogP contribution in [0.15, 0.2) is 24.3 Å². The molecule has 0 atom stereocenters. The first-order valence-corrected chi connectivity index (χ1v) is 5.69. The first-order chi connectivity index (χ1) is 7.74. The quantitative estimate of drug-likeness (QED) is 0.719. The summed E-state index contributed by atoms with van der Waals surface area (Å²) in [6, 6.07) is 7.84. The number of benzene rings is 1. The van der Waals surface area contributed by atoms with E-state index in [0.29, 0.717) is 13.0 Å². The molecule has 1 aromatic carbocycles. The van der Waals surface area contributed by atoms with Crippen molar-refractivity contribution in [3.63, 3.8) is 0 Å². The normalized spacial score (nSPS) is 9.88. The number of para-hydroxylation sites is 2. The fraction of sp³-hybridized carbons (Fsp3) is 0.462. The summed E-state index contributed by atoms with van der Waals surface area (Å²) in [5.41, 5.74) is 0.993. The number of nitrogens with one attached hydrogen (secondary N) is 1. The van der Waals surface area contributed by atoms with Crippen molar-refractivity contribution in [3.8, 4) is 5.75 Å². The van der Waals surface area contributed by atoms with Gasteiger partial charge in [0.05, 0.1) is 12.3 Å². The maximum Gasteiger partial charge on any atom is 0.142 e. The van der Waals surface area contributed by atoms with Crippen LogP contribution in [-0.4, -0.2) is 18.9 Å². The average molecular weight is 221 g/mol. The molecule has 1 N–H and O–H groups in total. The van der Waals surface area contributed by atoms with Gasteiger partial charge in [0.1, 0.15) is 11.5 Å². The molecular weight excluding hydrogens is 202 g/mol. The van der Waals surface area contributed by atoms with Gasteiger partial charge >= 0.3 is 0 Å². The average Bonchev–Trinajstić information content (AvgIpc) is 2.26. The van der Waals surface area contributed by atoms with Gasteiger partial charge in [0, 0.05) is 13.0 Å². The van der Waals surface area contributed by atoms with Gasteiger partial charge in [-0.2, -0.15) is 0 Å². The molecule has 0 heterocycles. The van der Waals surface area contributed by atoms with Gasteiger partial charge in [-0.15, -0.1) is 0 Å². The zero-order chi connectivity index (χ0) is 11.8. The second-order valence-electron chi connectivity index (χ2n) is 3.66. The van der Waals surface area contributed by atoms with Gasteiger partial charge in [-0.1, -0.05) is 12.1 Å². The van der Waals surface area contributed by atoms with Crippen LogP contribution in [0.25, 0.3) is 0 Å². The molecule has 0 aromatic heterocycles. The number of anilines is 1. The first-order valence-electron chi connectivity index (χ1n) is 5.69. The highest BCUT2D eigenvalue weighted by atomic mass is 16.5. The number of Topliss-reactive ketones (excluding diaryl/α,β-unsaturated/α-hetero) is 1. The van der Waals surface area contributed by atoms with Crippen LogP contribution < -0.4 is 10.1 Å². The second kappa shape index (κ2) is 6.88. The Morgan fingerprint density at radius 3 is 2.81 bits per heavy atom. The van der Waals surface area contributed by atoms with E-state index in [4.69, 9.17) is 4.74 Å². The Balaban J connectivity index is 2.43. The number of rotatable bonds is 7. The van der Waals surface area contributed by atoms with Crippen LogP contribution in [0.2, 0.25) is 0 Å². The molecule has 0 amide bonds. The van der Waals surface area contributed by atoms with E-state index in [0.717, 1.165) is 24.4 Å². The Morgan fingerprint density at radius 1 is 1.38 bits per heavy atom. The van der Waals surface area contributed by atoms with Gasteiger partial charge in [-0.05, 0) is 32.4 Å². The molecule has 16 heavy (non-hydrogen) atoms. The first kappa shape index (κ1) is 12.6. The monoisotopic (exact) mass is 221 g/mol. The summed E-state index contributed by atoms with van der Waals surface area (Å²) in [5.74, 6) is 1.10. The van der Waals surface area contributed by atoms with E-state index in [1.165, 1.54) is 0 Å². The molecule has 0 aliphatic heterocycles. The Hall–Kier alpha value is -1.51. The van der Waals surface area contributed by atoms with E-state index >= 15 is 0 Å². The van der Waals surface area contributed by atoms with Gasteiger partial charge in [-0.25, -0.2) is 0 Å². The largest absolute Gasteiger partial charge is 0.492 e. The zero-order valence-corrected chi connectivity index (χ0v) is 9.95. The molecule has 0 saturated heterocycles. The lowest BCUT2D eigenvalue weighted by Crippen LogP contribution is -2.05. The van der Waals surface area contributed by atoms with Crippen molar-refractivity contribution in [2.45, 2.75) is 26.7 Å². The van der Waals surface area contributed by atoms with Crippen molar-refractivity contribution in [3.05, 3.63) is 24.3 Å². The van der Waals surface area contributed by atoms with Crippen molar-refractivity contribution < 1.29 is 9.53 Å². The molecule has 0 unspecified atom stereocenters. The lowest BCUT2D eigenvalue weighted by Gasteiger charge is -2.11. The minimum atomic E-state index is 0.236. The molecule has 1 rings (SSSR count). The molecule has 88 valence electrons.